The van der Waals surface area contributed by atoms with Gasteiger partial charge in [-0.25, -0.2) is 13.4 Å². The quantitative estimate of drug-likeness (QED) is 0.549. The fraction of sp³-hybridized carbons (Fsp3) is 1.00. The van der Waals surface area contributed by atoms with Crippen LogP contribution in [0.1, 0.15) is 6.92 Å². The molecule has 4 nitrogen and oxygen atoms in total. The highest BCUT2D eigenvalue weighted by atomic mass is 32.2. The molecule has 0 aliphatic heterocycles. The summed E-state index contributed by atoms with van der Waals surface area (Å²) in [5.41, 5.74) is 0. The topological polar surface area (TPSA) is 49.4 Å². The Morgan fingerprint density at radius 2 is 1.89 bits per heavy atom. The van der Waals surface area contributed by atoms with Crippen LogP contribution < -0.4 is 4.83 Å². The number of nitrogens with zero attached hydrogens (tertiary/aromatic N) is 1. The number of hydrogen-bond donors (Lipinski definition) is 1. The first kappa shape index (κ1) is 8.87. The van der Waals surface area contributed by atoms with E-state index in [1.165, 1.54) is 5.01 Å². The van der Waals surface area contributed by atoms with Gasteiger partial charge in [0.2, 0.25) is 10.0 Å². The average molecular weight is 152 g/mol. The molecule has 9 heavy (non-hydrogen) atoms. The van der Waals surface area contributed by atoms with Gasteiger partial charge in [-0.3, -0.25) is 0 Å². The molecule has 0 aliphatic carbocycles. The molecule has 0 bridgehead atoms. The minimum Gasteiger partial charge on any atom is -0.237 e. The third-order valence-electron chi connectivity index (χ3n) is 0.702. The van der Waals surface area contributed by atoms with E-state index >= 15 is 0 Å². The van der Waals surface area contributed by atoms with Crippen LogP contribution in [0.2, 0.25) is 0 Å². The summed E-state index contributed by atoms with van der Waals surface area (Å²) in [4.78, 5) is 2.27. The van der Waals surface area contributed by atoms with E-state index in [0.717, 1.165) is 0 Å². The van der Waals surface area contributed by atoms with Crippen LogP contribution in [0.25, 0.3) is 0 Å². The standard InChI is InChI=1S/C4H12N2O2S/c1-4-9(7,8)5-6(2)3/h5H,4H2,1-3H3. The Morgan fingerprint density at radius 1 is 1.44 bits per heavy atom. The van der Waals surface area contributed by atoms with Crippen LogP contribution in [-0.4, -0.2) is 33.3 Å². The molecule has 5 heteroatoms. The van der Waals surface area contributed by atoms with Crippen molar-refractivity contribution in [2.75, 3.05) is 19.8 Å². The second kappa shape index (κ2) is 3.14. The lowest BCUT2D eigenvalue weighted by Crippen LogP contribution is -2.36. The van der Waals surface area contributed by atoms with E-state index < -0.39 is 10.0 Å². The van der Waals surface area contributed by atoms with Gasteiger partial charge in [0.15, 0.2) is 0 Å². The van der Waals surface area contributed by atoms with Gasteiger partial charge in [-0.2, -0.15) is 0 Å². The SMILES string of the molecule is CCS(=O)(=O)NN(C)C. The van der Waals surface area contributed by atoms with Crippen molar-refractivity contribution < 1.29 is 8.42 Å². The Labute approximate surface area is 55.9 Å². The zero-order valence-corrected chi connectivity index (χ0v) is 6.70. The molecule has 1 N–H and O–H groups in total. The van der Waals surface area contributed by atoms with Crippen LogP contribution in [0.15, 0.2) is 0 Å². The molecule has 0 amide bonds. The first-order valence-electron chi connectivity index (χ1n) is 2.65. The monoisotopic (exact) mass is 152 g/mol. The van der Waals surface area contributed by atoms with E-state index in [1.807, 2.05) is 0 Å². The third kappa shape index (κ3) is 4.38. The maximum absolute atomic E-state index is 10.7. The predicted molar refractivity (Wildman–Crippen MR) is 36.3 cm³/mol. The van der Waals surface area contributed by atoms with Gasteiger partial charge in [-0.15, -0.1) is 4.83 Å². The van der Waals surface area contributed by atoms with Crippen molar-refractivity contribution >= 4 is 10.0 Å². The van der Waals surface area contributed by atoms with Crippen molar-refractivity contribution in [3.05, 3.63) is 0 Å². The predicted octanol–water partition coefficient (Wildman–Crippen LogP) is -0.598. The largest absolute Gasteiger partial charge is 0.237 e. The molecule has 0 atom stereocenters. The number of nitrogens with one attached hydrogen (secondary N) is 1. The molecule has 56 valence electrons. The smallest absolute Gasteiger partial charge is 0.224 e. The second-order valence-corrected chi connectivity index (χ2v) is 3.88. The molecule has 0 unspecified atom stereocenters. The summed E-state index contributed by atoms with van der Waals surface area (Å²) in [5, 5.41) is 1.40. The Morgan fingerprint density at radius 3 is 2.00 bits per heavy atom. The summed E-state index contributed by atoms with van der Waals surface area (Å²) < 4.78 is 21.3. The lowest BCUT2D eigenvalue weighted by molar-refractivity contribution is 0.364. The molecular weight excluding hydrogens is 140 g/mol. The minimum atomic E-state index is -3.04. The zero-order chi connectivity index (χ0) is 7.49. The first-order chi connectivity index (χ1) is 3.98. The highest BCUT2D eigenvalue weighted by molar-refractivity contribution is 7.89. The molecule has 0 aliphatic rings. The molecular formula is C4H12N2O2S. The van der Waals surface area contributed by atoms with Gasteiger partial charge in [0, 0.05) is 14.1 Å². The van der Waals surface area contributed by atoms with E-state index in [-0.39, 0.29) is 5.75 Å². The lowest BCUT2D eigenvalue weighted by Gasteiger charge is -2.09. The van der Waals surface area contributed by atoms with E-state index in [1.54, 1.807) is 21.0 Å². The molecule has 0 saturated heterocycles. The minimum absolute atomic E-state index is 0.116. The van der Waals surface area contributed by atoms with Gasteiger partial charge < -0.3 is 0 Å². The fourth-order valence-corrected chi connectivity index (χ4v) is 1.03. The molecule has 0 fully saturated rings. The Bertz CT molecular complexity index is 161. The van der Waals surface area contributed by atoms with Crippen molar-refractivity contribution in [2.45, 2.75) is 6.92 Å². The van der Waals surface area contributed by atoms with E-state index in [9.17, 15) is 8.42 Å². The van der Waals surface area contributed by atoms with Crippen LogP contribution in [0.5, 0.6) is 0 Å². The summed E-state index contributed by atoms with van der Waals surface area (Å²) in [5.74, 6) is 0.116. The average Bonchev–Trinajstić information content (AvgIpc) is 1.63. The van der Waals surface area contributed by atoms with Crippen molar-refractivity contribution in [1.29, 1.82) is 0 Å². The molecule has 0 aromatic carbocycles. The summed E-state index contributed by atoms with van der Waals surface area (Å²) in [6.45, 7) is 1.59. The van der Waals surface area contributed by atoms with Crippen molar-refractivity contribution in [1.82, 2.24) is 9.84 Å². The number of sulfonamides is 1. The van der Waals surface area contributed by atoms with Crippen LogP contribution in [0, 0.1) is 0 Å². The summed E-state index contributed by atoms with van der Waals surface area (Å²) in [7, 11) is 0.221. The fourth-order valence-electron chi connectivity index (χ4n) is 0.343. The normalized spacial score (nSPS) is 12.4. The van der Waals surface area contributed by atoms with Gasteiger partial charge in [-0.05, 0) is 6.92 Å². The Kier molecular flexibility index (Phi) is 3.10. The highest BCUT2D eigenvalue weighted by Gasteiger charge is 2.04. The number of rotatable bonds is 3. The van der Waals surface area contributed by atoms with Crippen LogP contribution in [0.3, 0.4) is 0 Å². The molecule has 0 saturated carbocycles. The summed E-state index contributed by atoms with van der Waals surface area (Å²) in [6.07, 6.45) is 0. The van der Waals surface area contributed by atoms with Gasteiger partial charge in [-0.1, -0.05) is 0 Å². The van der Waals surface area contributed by atoms with E-state index in [2.05, 4.69) is 4.83 Å². The molecule has 0 aromatic rings. The first-order valence-corrected chi connectivity index (χ1v) is 4.30. The molecule has 0 radical (unpaired) electrons. The van der Waals surface area contributed by atoms with Crippen LogP contribution in [-0.2, 0) is 10.0 Å². The Balaban J connectivity index is 3.90. The lowest BCUT2D eigenvalue weighted by atomic mass is 11.0. The number of hydrogen-bond acceptors (Lipinski definition) is 3. The maximum atomic E-state index is 10.7. The van der Waals surface area contributed by atoms with Crippen molar-refractivity contribution in [3.8, 4) is 0 Å². The molecule has 0 heterocycles. The highest BCUT2D eigenvalue weighted by Crippen LogP contribution is 1.80. The van der Waals surface area contributed by atoms with Crippen molar-refractivity contribution in [2.24, 2.45) is 0 Å². The molecule has 0 rings (SSSR count). The van der Waals surface area contributed by atoms with Gasteiger partial charge in [0.1, 0.15) is 0 Å². The zero-order valence-electron chi connectivity index (χ0n) is 5.88. The van der Waals surface area contributed by atoms with Crippen LogP contribution >= 0.6 is 0 Å². The third-order valence-corrected chi connectivity index (χ3v) is 2.11. The van der Waals surface area contributed by atoms with Gasteiger partial charge in [0.05, 0.1) is 5.75 Å². The van der Waals surface area contributed by atoms with Gasteiger partial charge >= 0.3 is 0 Å². The molecule has 0 spiro atoms. The van der Waals surface area contributed by atoms with Crippen LogP contribution in [0.4, 0.5) is 0 Å². The Hall–Kier alpha value is -0.130. The summed E-state index contributed by atoms with van der Waals surface area (Å²) >= 11 is 0. The van der Waals surface area contributed by atoms with E-state index in [4.69, 9.17) is 0 Å². The van der Waals surface area contributed by atoms with E-state index in [0.29, 0.717) is 0 Å². The second-order valence-electron chi connectivity index (χ2n) is 1.89. The summed E-state index contributed by atoms with van der Waals surface area (Å²) in [6, 6.07) is 0. The van der Waals surface area contributed by atoms with Gasteiger partial charge in [0.25, 0.3) is 0 Å². The van der Waals surface area contributed by atoms with Crippen molar-refractivity contribution in [3.63, 3.8) is 0 Å². The molecule has 0 aromatic heterocycles. The number of hydrazine groups is 1. The maximum Gasteiger partial charge on any atom is 0.224 e.